The fourth-order valence-electron chi connectivity index (χ4n) is 3.96. The molecular weight excluding hydrogens is 438 g/mol. The molecule has 1 N–H and O–H groups in total. The minimum atomic E-state index is -0.145. The summed E-state index contributed by atoms with van der Waals surface area (Å²) >= 11 is 0. The van der Waals surface area contributed by atoms with Crippen LogP contribution in [-0.2, 0) is 0 Å². The Morgan fingerprint density at radius 3 is 2.41 bits per heavy atom. The van der Waals surface area contributed by atoms with E-state index in [4.69, 9.17) is 18.9 Å². The van der Waals surface area contributed by atoms with Crippen molar-refractivity contribution in [1.82, 2.24) is 15.1 Å². The number of methoxy groups -OCH3 is 2. The Labute approximate surface area is 197 Å². The lowest BCUT2D eigenvalue weighted by atomic mass is 10.1. The monoisotopic (exact) mass is 463 g/mol. The van der Waals surface area contributed by atoms with Gasteiger partial charge in [-0.3, -0.25) is 0 Å². The number of nitrogens with one attached hydrogen (secondary N) is 1. The van der Waals surface area contributed by atoms with Gasteiger partial charge in [0.15, 0.2) is 28.8 Å². The van der Waals surface area contributed by atoms with Crippen molar-refractivity contribution in [1.29, 1.82) is 0 Å². The summed E-state index contributed by atoms with van der Waals surface area (Å²) in [5.41, 5.74) is 2.31. The van der Waals surface area contributed by atoms with E-state index < -0.39 is 0 Å². The molecule has 2 aliphatic rings. The van der Waals surface area contributed by atoms with Crippen LogP contribution >= 0.6 is 0 Å². The van der Waals surface area contributed by atoms with E-state index in [1.807, 2.05) is 30.3 Å². The van der Waals surface area contributed by atoms with E-state index in [-0.39, 0.29) is 12.8 Å². The number of ether oxygens (including phenoxy) is 4. The Morgan fingerprint density at radius 2 is 1.68 bits per heavy atom. The van der Waals surface area contributed by atoms with Gasteiger partial charge in [-0.15, -0.1) is 10.2 Å². The van der Waals surface area contributed by atoms with E-state index in [1.54, 1.807) is 37.3 Å². The van der Waals surface area contributed by atoms with Crippen LogP contribution in [0.15, 0.2) is 48.5 Å². The van der Waals surface area contributed by atoms with E-state index in [0.29, 0.717) is 54.9 Å². The van der Waals surface area contributed by atoms with Gasteiger partial charge in [0.25, 0.3) is 0 Å². The number of carbonyl (C=O) groups is 1. The number of aromatic nitrogens is 2. The normalized spacial score (nSPS) is 14.6. The average molecular weight is 463 g/mol. The Kier molecular flexibility index (Phi) is 5.94. The number of benzene rings is 2. The molecule has 176 valence electrons. The first kappa shape index (κ1) is 21.6. The molecule has 0 bridgehead atoms. The van der Waals surface area contributed by atoms with Crippen LogP contribution in [0.25, 0.3) is 11.3 Å². The predicted octanol–water partition coefficient (Wildman–Crippen LogP) is 3.24. The van der Waals surface area contributed by atoms with Gasteiger partial charge < -0.3 is 34.1 Å². The number of carbonyl (C=O) groups excluding carboxylic acids is 1. The number of anilines is 2. The molecule has 1 fully saturated rings. The second kappa shape index (κ2) is 9.34. The van der Waals surface area contributed by atoms with Crippen LogP contribution < -0.4 is 29.2 Å². The molecule has 10 heteroatoms. The second-order valence-electron chi connectivity index (χ2n) is 7.82. The zero-order valence-electron chi connectivity index (χ0n) is 19.0. The molecule has 5 rings (SSSR count). The number of amides is 2. The molecule has 0 unspecified atom stereocenters. The van der Waals surface area contributed by atoms with E-state index in [0.717, 1.165) is 17.1 Å². The van der Waals surface area contributed by atoms with Crippen molar-refractivity contribution in [2.75, 3.05) is 57.4 Å². The van der Waals surface area contributed by atoms with Crippen LogP contribution in [0.4, 0.5) is 16.3 Å². The van der Waals surface area contributed by atoms with Crippen molar-refractivity contribution in [3.05, 3.63) is 48.5 Å². The highest BCUT2D eigenvalue weighted by molar-refractivity contribution is 5.90. The number of urea groups is 1. The molecular formula is C24H25N5O5. The summed E-state index contributed by atoms with van der Waals surface area (Å²) in [6, 6.07) is 14.7. The molecule has 0 spiro atoms. The molecule has 0 saturated carbocycles. The molecule has 2 amide bonds. The third-order valence-corrected chi connectivity index (χ3v) is 5.84. The van der Waals surface area contributed by atoms with Gasteiger partial charge in [-0.05, 0) is 42.5 Å². The van der Waals surface area contributed by atoms with Gasteiger partial charge in [0.2, 0.25) is 6.79 Å². The maximum atomic E-state index is 12.7. The third-order valence-electron chi connectivity index (χ3n) is 5.84. The number of piperazine rings is 1. The van der Waals surface area contributed by atoms with Gasteiger partial charge in [0.05, 0.1) is 19.9 Å². The van der Waals surface area contributed by atoms with E-state index in [9.17, 15) is 4.79 Å². The summed E-state index contributed by atoms with van der Waals surface area (Å²) in [4.78, 5) is 16.6. The summed E-state index contributed by atoms with van der Waals surface area (Å²) < 4.78 is 21.3. The molecule has 10 nitrogen and oxygen atoms in total. The lowest BCUT2D eigenvalue weighted by Gasteiger charge is -2.35. The lowest BCUT2D eigenvalue weighted by Crippen LogP contribution is -2.50. The highest BCUT2D eigenvalue weighted by Crippen LogP contribution is 2.34. The zero-order chi connectivity index (χ0) is 23.5. The van der Waals surface area contributed by atoms with Crippen molar-refractivity contribution in [2.45, 2.75) is 0 Å². The number of fused-ring (bicyclic) bond motifs is 1. The van der Waals surface area contributed by atoms with Crippen molar-refractivity contribution in [2.24, 2.45) is 0 Å². The fraction of sp³-hybridized carbons (Fsp3) is 0.292. The Balaban J connectivity index is 1.18. The molecule has 0 radical (unpaired) electrons. The predicted molar refractivity (Wildman–Crippen MR) is 126 cm³/mol. The quantitative estimate of drug-likeness (QED) is 0.616. The average Bonchev–Trinajstić information content (AvgIpc) is 3.36. The first-order valence-corrected chi connectivity index (χ1v) is 10.9. The molecule has 1 aromatic heterocycles. The number of hydrogen-bond donors (Lipinski definition) is 1. The van der Waals surface area contributed by atoms with Gasteiger partial charge in [-0.2, -0.15) is 0 Å². The van der Waals surface area contributed by atoms with Crippen LogP contribution in [-0.4, -0.2) is 68.3 Å². The third kappa shape index (κ3) is 4.34. The van der Waals surface area contributed by atoms with Crippen molar-refractivity contribution < 1.29 is 23.7 Å². The van der Waals surface area contributed by atoms with Gasteiger partial charge in [0.1, 0.15) is 0 Å². The lowest BCUT2D eigenvalue weighted by molar-refractivity contribution is 0.174. The maximum Gasteiger partial charge on any atom is 0.321 e. The van der Waals surface area contributed by atoms with Crippen LogP contribution in [0.3, 0.4) is 0 Å². The largest absolute Gasteiger partial charge is 0.493 e. The maximum absolute atomic E-state index is 12.7. The standard InChI is InChI=1S/C24H25N5O5/c1-31-19-6-3-16(13-21(19)32-2)18-5-8-23(27-26-18)28-9-11-29(12-10-28)24(30)25-17-4-7-20-22(14-17)34-15-33-20/h3-8,13-14H,9-12,15H2,1-2H3,(H,25,30). The number of rotatable bonds is 5. The highest BCUT2D eigenvalue weighted by Gasteiger charge is 2.23. The SMILES string of the molecule is COc1ccc(-c2ccc(N3CCN(C(=O)Nc4ccc5c(c4)OCO5)CC3)nn2)cc1OC. The second-order valence-corrected chi connectivity index (χ2v) is 7.82. The minimum absolute atomic E-state index is 0.145. The number of hydrogen-bond acceptors (Lipinski definition) is 8. The molecule has 0 atom stereocenters. The molecule has 2 aliphatic heterocycles. The summed E-state index contributed by atoms with van der Waals surface area (Å²) in [7, 11) is 3.21. The van der Waals surface area contributed by atoms with Gasteiger partial charge >= 0.3 is 6.03 Å². The summed E-state index contributed by atoms with van der Waals surface area (Å²) in [5, 5.41) is 11.7. The smallest absolute Gasteiger partial charge is 0.321 e. The van der Waals surface area contributed by atoms with E-state index >= 15 is 0 Å². The first-order valence-electron chi connectivity index (χ1n) is 10.9. The number of nitrogens with zero attached hydrogens (tertiary/aromatic N) is 4. The van der Waals surface area contributed by atoms with Crippen molar-refractivity contribution >= 4 is 17.5 Å². The fourth-order valence-corrected chi connectivity index (χ4v) is 3.96. The van der Waals surface area contributed by atoms with E-state index in [1.165, 1.54) is 0 Å². The van der Waals surface area contributed by atoms with Crippen LogP contribution in [0, 0.1) is 0 Å². The Bertz CT molecular complexity index is 1180. The van der Waals surface area contributed by atoms with Gasteiger partial charge in [0, 0.05) is 43.5 Å². The highest BCUT2D eigenvalue weighted by atomic mass is 16.7. The van der Waals surface area contributed by atoms with Crippen LogP contribution in [0.2, 0.25) is 0 Å². The summed E-state index contributed by atoms with van der Waals surface area (Å²) in [5.74, 6) is 3.40. The molecule has 2 aromatic carbocycles. The summed E-state index contributed by atoms with van der Waals surface area (Å²) in [6.45, 7) is 2.69. The van der Waals surface area contributed by atoms with Gasteiger partial charge in [-0.25, -0.2) is 4.79 Å². The van der Waals surface area contributed by atoms with Crippen molar-refractivity contribution in [3.8, 4) is 34.3 Å². The molecule has 3 aromatic rings. The van der Waals surface area contributed by atoms with Crippen LogP contribution in [0.5, 0.6) is 23.0 Å². The van der Waals surface area contributed by atoms with Crippen LogP contribution in [0.1, 0.15) is 0 Å². The first-order chi connectivity index (χ1) is 16.6. The van der Waals surface area contributed by atoms with E-state index in [2.05, 4.69) is 20.4 Å². The molecule has 3 heterocycles. The van der Waals surface area contributed by atoms with Gasteiger partial charge in [-0.1, -0.05) is 0 Å². The Hall–Kier alpha value is -4.21. The van der Waals surface area contributed by atoms with Crippen molar-refractivity contribution in [3.63, 3.8) is 0 Å². The molecule has 34 heavy (non-hydrogen) atoms. The topological polar surface area (TPSA) is 98.3 Å². The molecule has 0 aliphatic carbocycles. The molecule has 1 saturated heterocycles. The Morgan fingerprint density at radius 1 is 0.882 bits per heavy atom. The summed E-state index contributed by atoms with van der Waals surface area (Å²) in [6.07, 6.45) is 0. The minimum Gasteiger partial charge on any atom is -0.493 e. The zero-order valence-corrected chi connectivity index (χ0v) is 19.0.